The summed E-state index contributed by atoms with van der Waals surface area (Å²) in [7, 11) is 0. The highest BCUT2D eigenvalue weighted by Gasteiger charge is 2.30. The van der Waals surface area contributed by atoms with E-state index in [0.29, 0.717) is 5.56 Å². The van der Waals surface area contributed by atoms with Gasteiger partial charge >= 0.3 is 6.18 Å². The summed E-state index contributed by atoms with van der Waals surface area (Å²) in [5, 5.41) is 3.17. The molecule has 2 aromatic carbocycles. The molecule has 0 bridgehead atoms. The topological polar surface area (TPSA) is 12.0 Å². The molecular formula is C15H12ClF4N. The lowest BCUT2D eigenvalue weighted by atomic mass is 10.1. The maximum absolute atomic E-state index is 13.7. The predicted octanol–water partition coefficient (Wildman–Crippen LogP) is 5.67. The summed E-state index contributed by atoms with van der Waals surface area (Å²) >= 11 is 5.66. The number of anilines is 1. The van der Waals surface area contributed by atoms with E-state index in [-0.39, 0.29) is 16.8 Å². The second-order valence-electron chi connectivity index (χ2n) is 4.61. The highest BCUT2D eigenvalue weighted by Crippen LogP contribution is 2.30. The molecule has 1 nitrogen and oxygen atoms in total. The zero-order valence-corrected chi connectivity index (χ0v) is 11.8. The van der Waals surface area contributed by atoms with Crippen molar-refractivity contribution in [2.24, 2.45) is 0 Å². The summed E-state index contributed by atoms with van der Waals surface area (Å²) in [6, 6.07) is 8.59. The van der Waals surface area contributed by atoms with E-state index in [1.54, 1.807) is 6.92 Å². The number of benzene rings is 2. The van der Waals surface area contributed by atoms with Crippen LogP contribution in [0.5, 0.6) is 0 Å². The second kappa shape index (κ2) is 5.93. The Hall–Kier alpha value is -1.75. The normalized spacial score (nSPS) is 13.0. The molecule has 6 heteroatoms. The monoisotopic (exact) mass is 317 g/mol. The quantitative estimate of drug-likeness (QED) is 0.719. The van der Waals surface area contributed by atoms with E-state index in [1.807, 2.05) is 0 Å². The van der Waals surface area contributed by atoms with E-state index in [9.17, 15) is 17.6 Å². The van der Waals surface area contributed by atoms with Crippen molar-refractivity contribution >= 4 is 17.3 Å². The van der Waals surface area contributed by atoms with Crippen molar-refractivity contribution in [2.45, 2.75) is 19.1 Å². The van der Waals surface area contributed by atoms with Gasteiger partial charge in [0, 0.05) is 11.1 Å². The van der Waals surface area contributed by atoms with Crippen LogP contribution in [0.1, 0.15) is 24.1 Å². The van der Waals surface area contributed by atoms with Crippen LogP contribution >= 0.6 is 11.6 Å². The minimum Gasteiger partial charge on any atom is -0.376 e. The van der Waals surface area contributed by atoms with Crippen LogP contribution in [0, 0.1) is 5.82 Å². The highest BCUT2D eigenvalue weighted by atomic mass is 35.5. The Bertz CT molecular complexity index is 623. The van der Waals surface area contributed by atoms with E-state index < -0.39 is 17.6 Å². The van der Waals surface area contributed by atoms with Gasteiger partial charge in [0.25, 0.3) is 0 Å². The van der Waals surface area contributed by atoms with E-state index in [2.05, 4.69) is 5.32 Å². The summed E-state index contributed by atoms with van der Waals surface area (Å²) < 4.78 is 51.1. The van der Waals surface area contributed by atoms with Crippen molar-refractivity contribution in [3.63, 3.8) is 0 Å². The minimum absolute atomic E-state index is 0.242. The Morgan fingerprint density at radius 1 is 1.05 bits per heavy atom. The van der Waals surface area contributed by atoms with Crippen molar-refractivity contribution in [1.82, 2.24) is 0 Å². The molecular weight excluding hydrogens is 306 g/mol. The molecule has 0 spiro atoms. The summed E-state index contributed by atoms with van der Waals surface area (Å²) in [6.07, 6.45) is -4.36. The van der Waals surface area contributed by atoms with Crippen molar-refractivity contribution in [1.29, 1.82) is 0 Å². The molecule has 0 aliphatic heterocycles. The van der Waals surface area contributed by atoms with Crippen LogP contribution in [0.2, 0.25) is 5.02 Å². The molecule has 112 valence electrons. The molecule has 0 aliphatic carbocycles. The van der Waals surface area contributed by atoms with Gasteiger partial charge in [-0.25, -0.2) is 4.39 Å². The van der Waals surface area contributed by atoms with Gasteiger partial charge in [-0.15, -0.1) is 0 Å². The number of hydrogen-bond acceptors (Lipinski definition) is 1. The fourth-order valence-electron chi connectivity index (χ4n) is 1.88. The average molecular weight is 318 g/mol. The van der Waals surface area contributed by atoms with Crippen LogP contribution < -0.4 is 5.32 Å². The molecule has 0 saturated carbocycles. The maximum atomic E-state index is 13.7. The van der Waals surface area contributed by atoms with E-state index in [1.165, 1.54) is 30.3 Å². The standard InChI is InChI=1S/C15H12ClF4N/c1-9(21-14-7-6-12(16)8-13(14)17)10-2-4-11(5-3-10)15(18,19)20/h2-9,21H,1H3. The van der Waals surface area contributed by atoms with E-state index in [4.69, 9.17) is 11.6 Å². The van der Waals surface area contributed by atoms with Crippen LogP contribution in [-0.4, -0.2) is 0 Å². The Kier molecular flexibility index (Phi) is 4.42. The van der Waals surface area contributed by atoms with Crippen molar-refractivity contribution in [3.8, 4) is 0 Å². The average Bonchev–Trinajstić information content (AvgIpc) is 2.41. The molecule has 1 N–H and O–H groups in total. The fraction of sp³-hybridized carbons (Fsp3) is 0.200. The third-order valence-corrected chi connectivity index (χ3v) is 3.28. The third-order valence-electron chi connectivity index (χ3n) is 3.04. The van der Waals surface area contributed by atoms with Crippen LogP contribution in [0.3, 0.4) is 0 Å². The van der Waals surface area contributed by atoms with Crippen molar-refractivity contribution < 1.29 is 17.6 Å². The number of rotatable bonds is 3. The smallest absolute Gasteiger partial charge is 0.376 e. The molecule has 1 unspecified atom stereocenters. The minimum atomic E-state index is -4.36. The Morgan fingerprint density at radius 2 is 1.67 bits per heavy atom. The first-order chi connectivity index (χ1) is 9.77. The molecule has 0 amide bonds. The molecule has 0 heterocycles. The number of nitrogens with one attached hydrogen (secondary N) is 1. The van der Waals surface area contributed by atoms with E-state index >= 15 is 0 Å². The SMILES string of the molecule is CC(Nc1ccc(Cl)cc1F)c1ccc(C(F)(F)F)cc1. The first kappa shape index (κ1) is 15.6. The van der Waals surface area contributed by atoms with Crippen LogP contribution in [-0.2, 0) is 6.18 Å². The summed E-state index contributed by atoms with van der Waals surface area (Å²) in [5.74, 6) is -0.513. The molecule has 0 saturated heterocycles. The summed E-state index contributed by atoms with van der Waals surface area (Å²) in [6.45, 7) is 1.73. The van der Waals surface area contributed by atoms with Gasteiger partial charge in [0.1, 0.15) is 5.82 Å². The van der Waals surface area contributed by atoms with Crippen molar-refractivity contribution in [2.75, 3.05) is 5.32 Å². The Balaban J connectivity index is 2.15. The molecule has 0 fully saturated rings. The van der Waals surface area contributed by atoms with Gasteiger partial charge in [0.15, 0.2) is 0 Å². The Labute approximate surface area is 124 Å². The molecule has 0 aliphatic rings. The van der Waals surface area contributed by atoms with Gasteiger partial charge < -0.3 is 5.32 Å². The zero-order chi connectivity index (χ0) is 15.6. The lowest BCUT2D eigenvalue weighted by Gasteiger charge is -2.17. The van der Waals surface area contributed by atoms with Crippen LogP contribution in [0.15, 0.2) is 42.5 Å². The van der Waals surface area contributed by atoms with Gasteiger partial charge in [-0.05, 0) is 42.8 Å². The summed E-state index contributed by atoms with van der Waals surface area (Å²) in [4.78, 5) is 0. The molecule has 1 atom stereocenters. The molecule has 21 heavy (non-hydrogen) atoms. The van der Waals surface area contributed by atoms with Crippen molar-refractivity contribution in [3.05, 3.63) is 64.4 Å². The zero-order valence-electron chi connectivity index (χ0n) is 11.0. The summed E-state index contributed by atoms with van der Waals surface area (Å²) in [5.41, 5.74) is 0.153. The van der Waals surface area contributed by atoms with Crippen LogP contribution in [0.25, 0.3) is 0 Å². The second-order valence-corrected chi connectivity index (χ2v) is 5.05. The molecule has 0 radical (unpaired) electrons. The van der Waals surface area contributed by atoms with E-state index in [0.717, 1.165) is 12.1 Å². The molecule has 2 rings (SSSR count). The number of alkyl halides is 3. The lowest BCUT2D eigenvalue weighted by Crippen LogP contribution is -2.09. The largest absolute Gasteiger partial charge is 0.416 e. The van der Waals surface area contributed by atoms with Crippen LogP contribution in [0.4, 0.5) is 23.2 Å². The van der Waals surface area contributed by atoms with Gasteiger partial charge in [-0.3, -0.25) is 0 Å². The Morgan fingerprint density at radius 3 is 2.19 bits per heavy atom. The fourth-order valence-corrected chi connectivity index (χ4v) is 2.04. The van der Waals surface area contributed by atoms with Gasteiger partial charge in [-0.2, -0.15) is 13.2 Å². The number of hydrogen-bond donors (Lipinski definition) is 1. The lowest BCUT2D eigenvalue weighted by molar-refractivity contribution is -0.137. The van der Waals surface area contributed by atoms with Gasteiger partial charge in [0.05, 0.1) is 11.3 Å². The molecule has 0 aromatic heterocycles. The van der Waals surface area contributed by atoms with Gasteiger partial charge in [-0.1, -0.05) is 23.7 Å². The third kappa shape index (κ3) is 3.88. The predicted molar refractivity (Wildman–Crippen MR) is 74.9 cm³/mol. The highest BCUT2D eigenvalue weighted by molar-refractivity contribution is 6.30. The first-order valence-corrected chi connectivity index (χ1v) is 6.54. The van der Waals surface area contributed by atoms with Gasteiger partial charge in [0.2, 0.25) is 0 Å². The maximum Gasteiger partial charge on any atom is 0.416 e. The number of halogens is 5. The first-order valence-electron chi connectivity index (χ1n) is 6.16. The molecule has 2 aromatic rings.